The van der Waals surface area contributed by atoms with Gasteiger partial charge in [-0.3, -0.25) is 4.79 Å². The minimum Gasteiger partial charge on any atom is -0.359 e. The lowest BCUT2D eigenvalue weighted by atomic mass is 9.90. The Hall–Kier alpha value is -2.35. The molecule has 23 heavy (non-hydrogen) atoms. The van der Waals surface area contributed by atoms with Crippen molar-refractivity contribution in [1.82, 2.24) is 5.16 Å². The number of benzene rings is 1. The summed E-state index contributed by atoms with van der Waals surface area (Å²) in [7, 11) is 0. The highest BCUT2D eigenvalue weighted by Gasteiger charge is 2.40. The number of hydrogen-bond acceptors (Lipinski definition) is 4. The second-order valence-corrected chi connectivity index (χ2v) is 5.41. The van der Waals surface area contributed by atoms with E-state index >= 15 is 0 Å². The predicted molar refractivity (Wildman–Crippen MR) is 73.7 cm³/mol. The zero-order chi connectivity index (χ0) is 16.8. The van der Waals surface area contributed by atoms with Crippen molar-refractivity contribution in [3.05, 3.63) is 46.8 Å². The maximum Gasteiger partial charge on any atom is 0.416 e. The first-order valence-electron chi connectivity index (χ1n) is 6.80. The van der Waals surface area contributed by atoms with E-state index in [1.807, 2.05) is 0 Å². The lowest BCUT2D eigenvalue weighted by Crippen LogP contribution is -2.29. The van der Waals surface area contributed by atoms with Crippen molar-refractivity contribution < 1.29 is 27.2 Å². The van der Waals surface area contributed by atoms with Crippen LogP contribution in [0.1, 0.15) is 29.5 Å². The fourth-order valence-corrected chi connectivity index (χ4v) is 2.50. The number of carbonyl (C=O) groups is 1. The summed E-state index contributed by atoms with van der Waals surface area (Å²) in [6.07, 6.45) is -4.42. The van der Waals surface area contributed by atoms with Crippen LogP contribution in [0, 0.1) is 6.92 Å². The average molecular weight is 326 g/mol. The van der Waals surface area contributed by atoms with E-state index in [4.69, 9.17) is 9.26 Å². The lowest BCUT2D eigenvalue weighted by molar-refractivity contribution is -0.137. The smallest absolute Gasteiger partial charge is 0.359 e. The predicted octanol–water partition coefficient (Wildman–Crippen LogP) is 3.23. The van der Waals surface area contributed by atoms with E-state index in [1.54, 1.807) is 13.8 Å². The first-order valence-corrected chi connectivity index (χ1v) is 6.80. The molecule has 1 amide bonds. The summed E-state index contributed by atoms with van der Waals surface area (Å²) in [6, 6.07) is 4.56. The number of aryl methyl sites for hydroxylation is 1. The first kappa shape index (κ1) is 15.5. The Kier molecular flexibility index (Phi) is 3.44. The summed E-state index contributed by atoms with van der Waals surface area (Å²) < 4.78 is 48.8. The standard InChI is InChI=1S/C15H13F3N2O3/c1-8-12-13(20-23-8)14(2,22-7-11(21)19-12)9-3-5-10(6-4-9)15(16,17)18/h3-6H,7H2,1-2H3,(H,19,21). The highest BCUT2D eigenvalue weighted by Crippen LogP contribution is 2.40. The van der Waals surface area contributed by atoms with E-state index in [0.29, 0.717) is 22.7 Å². The molecule has 1 aromatic heterocycles. The van der Waals surface area contributed by atoms with Gasteiger partial charge in [0.15, 0.2) is 5.76 Å². The number of nitrogens with one attached hydrogen (secondary N) is 1. The molecule has 1 atom stereocenters. The third-order valence-electron chi connectivity index (χ3n) is 3.83. The van der Waals surface area contributed by atoms with E-state index in [9.17, 15) is 18.0 Å². The Morgan fingerprint density at radius 1 is 1.26 bits per heavy atom. The van der Waals surface area contributed by atoms with Crippen LogP contribution in [0.3, 0.4) is 0 Å². The Morgan fingerprint density at radius 3 is 2.52 bits per heavy atom. The summed E-state index contributed by atoms with van der Waals surface area (Å²) in [4.78, 5) is 11.7. The number of amides is 1. The minimum absolute atomic E-state index is 0.243. The molecule has 2 heterocycles. The topological polar surface area (TPSA) is 64.4 Å². The number of ether oxygens (including phenoxy) is 1. The van der Waals surface area contributed by atoms with Gasteiger partial charge in [-0.1, -0.05) is 17.3 Å². The summed E-state index contributed by atoms with van der Waals surface area (Å²) in [5.41, 5.74) is -0.813. The minimum atomic E-state index is -4.42. The molecular weight excluding hydrogens is 313 g/mol. The van der Waals surface area contributed by atoms with Crippen LogP contribution in [0.2, 0.25) is 0 Å². The Bertz CT molecular complexity index is 752. The van der Waals surface area contributed by atoms with Gasteiger partial charge in [0.1, 0.15) is 23.6 Å². The van der Waals surface area contributed by atoms with E-state index in [-0.39, 0.29) is 12.5 Å². The molecule has 0 saturated heterocycles. The molecular formula is C15H13F3N2O3. The Balaban J connectivity index is 2.08. The fraction of sp³-hybridized carbons (Fsp3) is 0.333. The summed E-state index contributed by atoms with van der Waals surface area (Å²) in [5.74, 6) is 0.0187. The summed E-state index contributed by atoms with van der Waals surface area (Å²) in [5, 5.41) is 6.55. The third-order valence-corrected chi connectivity index (χ3v) is 3.83. The van der Waals surface area contributed by atoms with Crippen LogP contribution in [0.25, 0.3) is 0 Å². The number of alkyl halides is 3. The normalized spacial score (nSPS) is 21.5. The van der Waals surface area contributed by atoms with Gasteiger partial charge in [-0.25, -0.2) is 0 Å². The van der Waals surface area contributed by atoms with Crippen LogP contribution < -0.4 is 5.32 Å². The molecule has 3 rings (SSSR count). The summed E-state index contributed by atoms with van der Waals surface area (Å²) in [6.45, 7) is 3.02. The molecule has 1 unspecified atom stereocenters. The van der Waals surface area contributed by atoms with Crippen molar-refractivity contribution in [3.63, 3.8) is 0 Å². The van der Waals surface area contributed by atoms with Crippen LogP contribution in [0.4, 0.5) is 18.9 Å². The zero-order valence-corrected chi connectivity index (χ0v) is 12.3. The highest BCUT2D eigenvalue weighted by atomic mass is 19.4. The van der Waals surface area contributed by atoms with Gasteiger partial charge in [0.05, 0.1) is 5.56 Å². The van der Waals surface area contributed by atoms with Gasteiger partial charge in [-0.05, 0) is 31.5 Å². The second kappa shape index (κ2) is 5.09. The van der Waals surface area contributed by atoms with E-state index in [2.05, 4.69) is 10.5 Å². The van der Waals surface area contributed by atoms with Crippen molar-refractivity contribution in [2.75, 3.05) is 11.9 Å². The number of aromatic nitrogens is 1. The van der Waals surface area contributed by atoms with Crippen LogP contribution in [-0.2, 0) is 21.3 Å². The molecule has 8 heteroatoms. The van der Waals surface area contributed by atoms with Crippen LogP contribution in [0.15, 0.2) is 28.8 Å². The molecule has 1 N–H and O–H groups in total. The number of carbonyl (C=O) groups excluding carboxylic acids is 1. The quantitative estimate of drug-likeness (QED) is 0.874. The van der Waals surface area contributed by atoms with Gasteiger partial charge < -0.3 is 14.6 Å². The van der Waals surface area contributed by atoms with Crippen molar-refractivity contribution in [2.45, 2.75) is 25.6 Å². The van der Waals surface area contributed by atoms with Crippen molar-refractivity contribution >= 4 is 11.6 Å². The molecule has 1 aliphatic rings. The number of fused-ring (bicyclic) bond motifs is 1. The van der Waals surface area contributed by atoms with E-state index in [1.165, 1.54) is 12.1 Å². The van der Waals surface area contributed by atoms with Gasteiger partial charge in [0, 0.05) is 0 Å². The number of nitrogens with zero attached hydrogens (tertiary/aromatic N) is 1. The molecule has 0 fully saturated rings. The SMILES string of the molecule is Cc1onc2c1NC(=O)COC2(C)c1ccc(C(F)(F)F)cc1. The molecule has 122 valence electrons. The maximum absolute atomic E-state index is 12.7. The van der Waals surface area contributed by atoms with Crippen LogP contribution in [0.5, 0.6) is 0 Å². The van der Waals surface area contributed by atoms with Gasteiger partial charge in [0.2, 0.25) is 0 Å². The number of hydrogen-bond donors (Lipinski definition) is 1. The average Bonchev–Trinajstić information content (AvgIpc) is 2.79. The van der Waals surface area contributed by atoms with E-state index in [0.717, 1.165) is 12.1 Å². The molecule has 0 saturated carbocycles. The van der Waals surface area contributed by atoms with E-state index < -0.39 is 17.3 Å². The van der Waals surface area contributed by atoms with Gasteiger partial charge in [-0.2, -0.15) is 13.2 Å². The third kappa shape index (κ3) is 2.59. The second-order valence-electron chi connectivity index (χ2n) is 5.41. The molecule has 2 aromatic rings. The van der Waals surface area contributed by atoms with Crippen LogP contribution >= 0.6 is 0 Å². The maximum atomic E-state index is 12.7. The lowest BCUT2D eigenvalue weighted by Gasteiger charge is -2.27. The van der Waals surface area contributed by atoms with Gasteiger partial charge in [0.25, 0.3) is 5.91 Å². The van der Waals surface area contributed by atoms with Crippen molar-refractivity contribution in [2.24, 2.45) is 0 Å². The Labute approximate surface area is 129 Å². The highest BCUT2D eigenvalue weighted by molar-refractivity contribution is 5.93. The molecule has 5 nitrogen and oxygen atoms in total. The van der Waals surface area contributed by atoms with Gasteiger partial charge >= 0.3 is 6.18 Å². The zero-order valence-electron chi connectivity index (χ0n) is 12.3. The Morgan fingerprint density at radius 2 is 1.91 bits per heavy atom. The number of rotatable bonds is 1. The number of anilines is 1. The summed E-state index contributed by atoms with van der Waals surface area (Å²) >= 11 is 0. The van der Waals surface area contributed by atoms with Crippen LogP contribution in [-0.4, -0.2) is 17.7 Å². The molecule has 1 aliphatic heterocycles. The molecule has 0 bridgehead atoms. The fourth-order valence-electron chi connectivity index (χ4n) is 2.50. The number of halogens is 3. The first-order chi connectivity index (χ1) is 10.7. The largest absolute Gasteiger partial charge is 0.416 e. The van der Waals surface area contributed by atoms with Crippen molar-refractivity contribution in [1.29, 1.82) is 0 Å². The molecule has 0 radical (unpaired) electrons. The molecule has 1 aromatic carbocycles. The van der Waals surface area contributed by atoms with Gasteiger partial charge in [-0.15, -0.1) is 0 Å². The monoisotopic (exact) mass is 326 g/mol. The molecule has 0 aliphatic carbocycles. The molecule has 0 spiro atoms. The van der Waals surface area contributed by atoms with Crippen molar-refractivity contribution in [3.8, 4) is 0 Å².